The number of rotatable bonds is 5. The maximum absolute atomic E-state index is 14.1. The second kappa shape index (κ2) is 11.1. The Balaban J connectivity index is 1.51. The van der Waals surface area contributed by atoms with Crippen LogP contribution < -0.4 is 15.5 Å². The summed E-state index contributed by atoms with van der Waals surface area (Å²) in [5, 5.41) is 2.47. The lowest BCUT2D eigenvalue weighted by Gasteiger charge is -2.42. The van der Waals surface area contributed by atoms with Crippen molar-refractivity contribution < 1.29 is 4.79 Å². The highest BCUT2D eigenvalue weighted by atomic mass is 16.2. The van der Waals surface area contributed by atoms with Gasteiger partial charge in [0.2, 0.25) is 5.91 Å². The van der Waals surface area contributed by atoms with Crippen LogP contribution in [0.2, 0.25) is 0 Å². The van der Waals surface area contributed by atoms with Crippen molar-refractivity contribution in [2.45, 2.75) is 52.6 Å². The third-order valence-corrected chi connectivity index (χ3v) is 8.87. The zero-order chi connectivity index (χ0) is 29.5. The van der Waals surface area contributed by atoms with Gasteiger partial charge in [-0.05, 0) is 60.9 Å². The fourth-order valence-corrected chi connectivity index (χ4v) is 6.76. The Labute approximate surface area is 247 Å². The van der Waals surface area contributed by atoms with Crippen molar-refractivity contribution in [2.75, 3.05) is 36.0 Å². The lowest BCUT2D eigenvalue weighted by molar-refractivity contribution is -0.126. The first-order valence-electron chi connectivity index (χ1n) is 14.9. The van der Waals surface area contributed by atoms with E-state index in [1.165, 1.54) is 28.1 Å². The molecule has 0 bridgehead atoms. The topological polar surface area (TPSA) is 61.7 Å². The first-order chi connectivity index (χ1) is 20.3. The number of carbonyl (C=O) groups is 1. The molecule has 1 amide bonds. The van der Waals surface area contributed by atoms with Gasteiger partial charge in [0.25, 0.3) is 0 Å². The first-order valence-corrected chi connectivity index (χ1v) is 14.9. The molecule has 1 aromatic heterocycles. The van der Waals surface area contributed by atoms with Crippen molar-refractivity contribution in [1.82, 2.24) is 14.5 Å². The third-order valence-electron chi connectivity index (χ3n) is 8.87. The van der Waals surface area contributed by atoms with Crippen molar-refractivity contribution in [1.29, 1.82) is 0 Å². The van der Waals surface area contributed by atoms with E-state index >= 15 is 0 Å². The second-order valence-electron chi connectivity index (χ2n) is 11.8. The number of carbonyl (C=O) groups excluding carboxylic acids is 1. The van der Waals surface area contributed by atoms with E-state index in [1.54, 1.807) is 0 Å². The van der Waals surface area contributed by atoms with Crippen LogP contribution in [0, 0.1) is 6.92 Å². The molecular weight excluding hydrogens is 522 g/mol. The van der Waals surface area contributed by atoms with Gasteiger partial charge in [-0.25, -0.2) is 4.79 Å². The summed E-state index contributed by atoms with van der Waals surface area (Å²) in [7, 11) is 0. The van der Waals surface area contributed by atoms with Crippen LogP contribution in [0.3, 0.4) is 0 Å². The van der Waals surface area contributed by atoms with Crippen LogP contribution in [-0.4, -0.2) is 52.6 Å². The van der Waals surface area contributed by atoms with Crippen molar-refractivity contribution in [3.63, 3.8) is 0 Å². The van der Waals surface area contributed by atoms with E-state index in [9.17, 15) is 9.59 Å². The molecule has 3 heterocycles. The number of amides is 1. The van der Waals surface area contributed by atoms with Gasteiger partial charge in [-0.1, -0.05) is 69.0 Å². The molecule has 0 aliphatic carbocycles. The summed E-state index contributed by atoms with van der Waals surface area (Å²) in [6.07, 6.45) is 2.14. The van der Waals surface area contributed by atoms with Crippen LogP contribution in [-0.2, 0) is 17.8 Å². The summed E-state index contributed by atoms with van der Waals surface area (Å²) in [6.45, 7) is 15.4. The van der Waals surface area contributed by atoms with Crippen LogP contribution in [0.5, 0.6) is 0 Å². The molecule has 0 N–H and O–H groups in total. The number of hydrogen-bond acceptors (Lipinski definition) is 5. The SMILES string of the molecule is C=CC(=O)N1CCN(c2nc(=O)n(-c3ccccc3C(C)C)c3c2CCN(c2cccc4cccc(C)c24)C3)C(C)C1. The smallest absolute Gasteiger partial charge is 0.354 e. The van der Waals surface area contributed by atoms with Crippen LogP contribution in [0.1, 0.15) is 49.1 Å². The maximum atomic E-state index is 14.1. The molecule has 2 aliphatic heterocycles. The Morgan fingerprint density at radius 3 is 2.48 bits per heavy atom. The fraction of sp³-hybridized carbons (Fsp3) is 0.343. The third kappa shape index (κ3) is 4.77. The van der Waals surface area contributed by atoms with Gasteiger partial charge < -0.3 is 14.7 Å². The van der Waals surface area contributed by atoms with Crippen LogP contribution in [0.15, 0.2) is 78.1 Å². The summed E-state index contributed by atoms with van der Waals surface area (Å²) in [5.74, 6) is 0.956. The Morgan fingerprint density at radius 2 is 1.74 bits per heavy atom. The van der Waals surface area contributed by atoms with Gasteiger partial charge in [-0.15, -0.1) is 0 Å². The highest BCUT2D eigenvalue weighted by Crippen LogP contribution is 2.36. The van der Waals surface area contributed by atoms with Crippen LogP contribution in [0.25, 0.3) is 16.5 Å². The molecule has 2 aliphatic rings. The van der Waals surface area contributed by atoms with Gasteiger partial charge in [0.1, 0.15) is 5.82 Å². The molecule has 42 heavy (non-hydrogen) atoms. The van der Waals surface area contributed by atoms with E-state index < -0.39 is 0 Å². The molecule has 216 valence electrons. The number of hydrogen-bond donors (Lipinski definition) is 0. The molecule has 6 rings (SSSR count). The van der Waals surface area contributed by atoms with Gasteiger partial charge in [0, 0.05) is 48.9 Å². The highest BCUT2D eigenvalue weighted by molar-refractivity contribution is 5.97. The lowest BCUT2D eigenvalue weighted by Crippen LogP contribution is -2.54. The number of nitrogens with zero attached hydrogens (tertiary/aromatic N) is 5. The predicted molar refractivity (Wildman–Crippen MR) is 171 cm³/mol. The van der Waals surface area contributed by atoms with Gasteiger partial charge in [0.15, 0.2) is 0 Å². The number of aryl methyl sites for hydroxylation is 1. The second-order valence-corrected chi connectivity index (χ2v) is 11.8. The molecule has 1 unspecified atom stereocenters. The number of benzene rings is 3. The van der Waals surface area contributed by atoms with Gasteiger partial charge in [0.05, 0.1) is 17.9 Å². The minimum absolute atomic E-state index is 0.0243. The number of aromatic nitrogens is 2. The van der Waals surface area contributed by atoms with Gasteiger partial charge in [-0.3, -0.25) is 9.36 Å². The lowest BCUT2D eigenvalue weighted by atomic mass is 9.97. The van der Waals surface area contributed by atoms with E-state index in [2.05, 4.69) is 86.5 Å². The highest BCUT2D eigenvalue weighted by Gasteiger charge is 2.33. The van der Waals surface area contributed by atoms with Gasteiger partial charge in [-0.2, -0.15) is 4.98 Å². The normalized spacial score (nSPS) is 17.1. The molecule has 0 radical (unpaired) electrons. The van der Waals surface area contributed by atoms with Crippen LogP contribution >= 0.6 is 0 Å². The van der Waals surface area contributed by atoms with E-state index in [0.29, 0.717) is 26.2 Å². The fourth-order valence-electron chi connectivity index (χ4n) is 6.76. The zero-order valence-corrected chi connectivity index (χ0v) is 25.0. The van der Waals surface area contributed by atoms with Gasteiger partial charge >= 0.3 is 5.69 Å². The molecule has 7 heteroatoms. The Bertz CT molecular complexity index is 1730. The number of anilines is 2. The molecule has 4 aromatic rings. The van der Waals surface area contributed by atoms with E-state index in [-0.39, 0.29) is 23.6 Å². The Morgan fingerprint density at radius 1 is 1.00 bits per heavy atom. The standard InChI is InChI=1S/C35H39N5O2/c1-6-32(41)38-19-20-39(25(5)21-38)34-28-17-18-37(30-16-10-13-26-12-9-11-24(4)33(26)30)22-31(28)40(35(42)36-34)29-15-8-7-14-27(29)23(2)3/h6-16,23,25H,1,17-22H2,2-5H3. The Hall–Kier alpha value is -4.39. The predicted octanol–water partition coefficient (Wildman–Crippen LogP) is 5.60. The van der Waals surface area contributed by atoms with E-state index in [0.717, 1.165) is 41.3 Å². The molecule has 1 fully saturated rings. The summed E-state index contributed by atoms with van der Waals surface area (Å²) in [4.78, 5) is 37.7. The van der Waals surface area contributed by atoms with Crippen molar-refractivity contribution in [3.8, 4) is 5.69 Å². The van der Waals surface area contributed by atoms with Crippen molar-refractivity contribution in [3.05, 3.63) is 106 Å². The van der Waals surface area contributed by atoms with E-state index in [1.807, 2.05) is 27.7 Å². The number of fused-ring (bicyclic) bond motifs is 2. The summed E-state index contributed by atoms with van der Waals surface area (Å²) in [5.41, 5.74) is 6.31. The summed E-state index contributed by atoms with van der Waals surface area (Å²) in [6, 6.07) is 21.1. The average molecular weight is 562 g/mol. The minimum atomic E-state index is -0.260. The molecule has 0 spiro atoms. The molecule has 7 nitrogen and oxygen atoms in total. The molecule has 1 saturated heterocycles. The summed E-state index contributed by atoms with van der Waals surface area (Å²) < 4.78 is 1.86. The monoisotopic (exact) mass is 561 g/mol. The van der Waals surface area contributed by atoms with Crippen molar-refractivity contribution >= 4 is 28.2 Å². The molecule has 3 aromatic carbocycles. The summed E-state index contributed by atoms with van der Waals surface area (Å²) >= 11 is 0. The first kappa shape index (κ1) is 27.8. The zero-order valence-electron chi connectivity index (χ0n) is 25.0. The quantitative estimate of drug-likeness (QED) is 0.297. The number of para-hydroxylation sites is 1. The number of piperazine rings is 1. The molecular formula is C35H39N5O2. The maximum Gasteiger partial charge on any atom is 0.354 e. The van der Waals surface area contributed by atoms with Crippen LogP contribution in [0.4, 0.5) is 11.5 Å². The average Bonchev–Trinajstić information content (AvgIpc) is 3.00. The molecule has 0 saturated carbocycles. The Kier molecular flexibility index (Phi) is 7.35. The van der Waals surface area contributed by atoms with E-state index in [4.69, 9.17) is 4.98 Å². The molecule has 1 atom stereocenters. The largest absolute Gasteiger partial charge is 0.365 e. The minimum Gasteiger partial charge on any atom is -0.365 e. The van der Waals surface area contributed by atoms with Crippen molar-refractivity contribution in [2.24, 2.45) is 0 Å².